The average molecular weight is 473 g/mol. The monoisotopic (exact) mass is 473 g/mol. The van der Waals surface area contributed by atoms with E-state index in [4.69, 9.17) is 4.74 Å². The van der Waals surface area contributed by atoms with Crippen LogP contribution in [0.4, 0.5) is 28.8 Å². The van der Waals surface area contributed by atoms with Gasteiger partial charge >= 0.3 is 12.1 Å². The second-order valence-electron chi connectivity index (χ2n) is 6.54. The lowest BCUT2D eigenvalue weighted by atomic mass is 10.2. The highest BCUT2D eigenvalue weighted by Crippen LogP contribution is 2.35. The Bertz CT molecular complexity index is 980. The first-order valence-corrected chi connectivity index (χ1v) is 11.0. The molecule has 1 aromatic heterocycles. The summed E-state index contributed by atoms with van der Waals surface area (Å²) in [6.07, 6.45) is -4.49. The van der Waals surface area contributed by atoms with Crippen molar-refractivity contribution in [3.8, 4) is 0 Å². The van der Waals surface area contributed by atoms with Gasteiger partial charge in [-0.1, -0.05) is 17.8 Å². The summed E-state index contributed by atoms with van der Waals surface area (Å²) in [6, 6.07) is 4.40. The lowest BCUT2D eigenvalue weighted by molar-refractivity contribution is -0.145. The third-order valence-corrected chi connectivity index (χ3v) is 6.06. The molecule has 2 amide bonds. The second-order valence-corrected chi connectivity index (χ2v) is 8.42. The minimum absolute atomic E-state index is 0.0355. The van der Waals surface area contributed by atoms with Crippen molar-refractivity contribution in [2.45, 2.75) is 26.1 Å². The molecule has 1 saturated heterocycles. The number of carbonyl (C=O) groups excluding carboxylic acids is 3. The van der Waals surface area contributed by atoms with E-state index in [9.17, 15) is 27.6 Å². The Morgan fingerprint density at radius 2 is 2.10 bits per heavy atom. The first kappa shape index (κ1) is 23.1. The molecule has 0 unspecified atom stereocenters. The van der Waals surface area contributed by atoms with E-state index in [0.29, 0.717) is 18.0 Å². The maximum Gasteiger partial charge on any atom is 0.416 e. The molecule has 0 N–H and O–H groups in total. The molecule has 12 heteroatoms. The van der Waals surface area contributed by atoms with Gasteiger partial charge in [-0.15, -0.1) is 11.3 Å². The van der Waals surface area contributed by atoms with Crippen molar-refractivity contribution in [1.82, 2.24) is 9.88 Å². The van der Waals surface area contributed by atoms with Gasteiger partial charge in [0, 0.05) is 31.1 Å². The number of ether oxygens (including phenoxy) is 1. The lowest BCUT2D eigenvalue weighted by Crippen LogP contribution is -2.26. The number of alkyl halides is 3. The van der Waals surface area contributed by atoms with Gasteiger partial charge in [-0.25, -0.2) is 4.98 Å². The van der Waals surface area contributed by atoms with Crippen LogP contribution in [0.15, 0.2) is 29.6 Å². The minimum Gasteiger partial charge on any atom is -0.459 e. The quantitative estimate of drug-likeness (QED) is 0.553. The number of esters is 1. The first-order chi connectivity index (χ1) is 14.6. The Balaban J connectivity index is 1.63. The zero-order valence-electron chi connectivity index (χ0n) is 16.3. The maximum absolute atomic E-state index is 13.0. The van der Waals surface area contributed by atoms with Gasteiger partial charge in [-0.2, -0.15) is 13.2 Å². The van der Waals surface area contributed by atoms with Crippen molar-refractivity contribution >= 4 is 51.0 Å². The van der Waals surface area contributed by atoms with Crippen LogP contribution in [0.3, 0.4) is 0 Å². The fourth-order valence-corrected chi connectivity index (χ4v) is 4.52. The van der Waals surface area contributed by atoms with E-state index in [1.165, 1.54) is 30.8 Å². The summed E-state index contributed by atoms with van der Waals surface area (Å²) in [6.45, 7) is 1.95. The zero-order valence-corrected chi connectivity index (χ0v) is 18.0. The smallest absolute Gasteiger partial charge is 0.416 e. The van der Waals surface area contributed by atoms with Gasteiger partial charge in [0.2, 0.25) is 5.91 Å². The van der Waals surface area contributed by atoms with Crippen molar-refractivity contribution < 1.29 is 32.3 Å². The molecule has 0 aliphatic carbocycles. The Morgan fingerprint density at radius 1 is 1.32 bits per heavy atom. The molecule has 1 aromatic carbocycles. The standard InChI is InChI=1S/C19H18F3N3O4S2/c1-12(26)25(15-4-2-3-13(9-15)19(20,21)22)17-23-14(11-31-17)10-29-16(27)5-6-24-7-8-30-18(24)28/h2-4,9,11H,5-8,10H2,1H3. The molecule has 3 rings (SSSR count). The first-order valence-electron chi connectivity index (χ1n) is 9.15. The summed E-state index contributed by atoms with van der Waals surface area (Å²) >= 11 is 2.25. The molecule has 31 heavy (non-hydrogen) atoms. The van der Waals surface area contributed by atoms with Crippen LogP contribution in [0.1, 0.15) is 24.6 Å². The Hall–Kier alpha value is -2.60. The maximum atomic E-state index is 13.0. The molecule has 2 aromatic rings. The topological polar surface area (TPSA) is 79.8 Å². The Kier molecular flexibility index (Phi) is 7.21. The molecule has 0 atom stereocenters. The average Bonchev–Trinajstić information content (AvgIpc) is 3.33. The number of thioether (sulfide) groups is 1. The molecule has 0 radical (unpaired) electrons. The molecule has 0 spiro atoms. The van der Waals surface area contributed by atoms with Crippen LogP contribution in [0.5, 0.6) is 0 Å². The van der Waals surface area contributed by atoms with E-state index in [-0.39, 0.29) is 35.6 Å². The van der Waals surface area contributed by atoms with E-state index in [0.717, 1.165) is 28.4 Å². The van der Waals surface area contributed by atoms with E-state index in [1.807, 2.05) is 0 Å². The molecule has 166 valence electrons. The van der Waals surface area contributed by atoms with E-state index in [1.54, 1.807) is 10.3 Å². The fraction of sp³-hybridized carbons (Fsp3) is 0.368. The van der Waals surface area contributed by atoms with Gasteiger partial charge in [-0.05, 0) is 18.2 Å². The van der Waals surface area contributed by atoms with Gasteiger partial charge in [0.05, 0.1) is 23.4 Å². The SMILES string of the molecule is CC(=O)N(c1cccc(C(F)(F)F)c1)c1nc(COC(=O)CCN2CCSC2=O)cs1. The third-order valence-electron chi connectivity index (χ3n) is 4.29. The minimum atomic E-state index is -4.54. The van der Waals surface area contributed by atoms with Gasteiger partial charge in [0.1, 0.15) is 6.61 Å². The van der Waals surface area contributed by atoms with Crippen LogP contribution in [0.2, 0.25) is 0 Å². The number of halogens is 3. The number of hydrogen-bond donors (Lipinski definition) is 0. The van der Waals surface area contributed by atoms with Crippen molar-refractivity contribution in [2.24, 2.45) is 0 Å². The predicted molar refractivity (Wildman–Crippen MR) is 110 cm³/mol. The molecule has 1 aliphatic heterocycles. The van der Waals surface area contributed by atoms with Crippen molar-refractivity contribution in [3.63, 3.8) is 0 Å². The van der Waals surface area contributed by atoms with Crippen LogP contribution in [-0.4, -0.2) is 45.8 Å². The second kappa shape index (κ2) is 9.69. The molecular formula is C19H18F3N3O4S2. The van der Waals surface area contributed by atoms with Crippen molar-refractivity contribution in [3.05, 3.63) is 40.9 Å². The summed E-state index contributed by atoms with van der Waals surface area (Å²) in [4.78, 5) is 42.4. The van der Waals surface area contributed by atoms with Gasteiger partial charge in [0.15, 0.2) is 5.13 Å². The molecule has 0 saturated carbocycles. The third kappa shape index (κ3) is 5.97. The van der Waals surface area contributed by atoms with Crippen molar-refractivity contribution in [1.29, 1.82) is 0 Å². The number of aromatic nitrogens is 1. The number of rotatable bonds is 7. The number of hydrogen-bond acceptors (Lipinski definition) is 7. The normalized spacial score (nSPS) is 14.1. The molecule has 1 fully saturated rings. The summed E-state index contributed by atoms with van der Waals surface area (Å²) in [5.74, 6) is -0.306. The number of carbonyl (C=O) groups is 3. The summed E-state index contributed by atoms with van der Waals surface area (Å²) in [5, 5.41) is 1.67. The van der Waals surface area contributed by atoms with Crippen LogP contribution in [0, 0.1) is 0 Å². The van der Waals surface area contributed by atoms with Gasteiger partial charge < -0.3 is 9.64 Å². The number of nitrogens with zero attached hydrogens (tertiary/aromatic N) is 3. The molecule has 0 bridgehead atoms. The predicted octanol–water partition coefficient (Wildman–Crippen LogP) is 4.45. The number of thiazole rings is 1. The number of anilines is 2. The van der Waals surface area contributed by atoms with Crippen molar-refractivity contribution in [2.75, 3.05) is 23.7 Å². The van der Waals surface area contributed by atoms with E-state index < -0.39 is 23.6 Å². The highest BCUT2D eigenvalue weighted by Gasteiger charge is 2.31. The summed E-state index contributed by atoms with van der Waals surface area (Å²) in [5.41, 5.74) is -0.482. The summed E-state index contributed by atoms with van der Waals surface area (Å²) in [7, 11) is 0. The van der Waals surface area contributed by atoms with Crippen LogP contribution in [0.25, 0.3) is 0 Å². The van der Waals surface area contributed by atoms with Crippen LogP contribution in [-0.2, 0) is 27.1 Å². The molecule has 1 aliphatic rings. The number of amides is 2. The Labute approximate surface area is 184 Å². The van der Waals surface area contributed by atoms with E-state index >= 15 is 0 Å². The summed E-state index contributed by atoms with van der Waals surface area (Å²) < 4.78 is 44.2. The molecular weight excluding hydrogens is 455 g/mol. The van der Waals surface area contributed by atoms with E-state index in [2.05, 4.69) is 4.98 Å². The highest BCUT2D eigenvalue weighted by atomic mass is 32.2. The zero-order chi connectivity index (χ0) is 22.6. The lowest BCUT2D eigenvalue weighted by Gasteiger charge is -2.19. The highest BCUT2D eigenvalue weighted by molar-refractivity contribution is 8.13. The van der Waals surface area contributed by atoms with Crippen LogP contribution >= 0.6 is 23.1 Å². The van der Waals surface area contributed by atoms with Gasteiger partial charge in [-0.3, -0.25) is 19.3 Å². The molecule has 7 nitrogen and oxygen atoms in total. The fourth-order valence-electron chi connectivity index (χ4n) is 2.80. The molecule has 2 heterocycles. The van der Waals surface area contributed by atoms with Crippen LogP contribution < -0.4 is 4.90 Å². The largest absolute Gasteiger partial charge is 0.459 e. The Morgan fingerprint density at radius 3 is 2.74 bits per heavy atom. The van der Waals surface area contributed by atoms with Gasteiger partial charge in [0.25, 0.3) is 5.24 Å². The number of benzene rings is 1.